The van der Waals surface area contributed by atoms with E-state index in [1.54, 1.807) is 42.1 Å². The lowest BCUT2D eigenvalue weighted by Crippen LogP contribution is -2.13. The van der Waals surface area contributed by atoms with E-state index in [0.29, 0.717) is 22.5 Å². The molecule has 0 aromatic heterocycles. The van der Waals surface area contributed by atoms with Crippen molar-refractivity contribution in [2.24, 2.45) is 5.73 Å². The van der Waals surface area contributed by atoms with Crippen LogP contribution in [0.25, 0.3) is 11.6 Å². The minimum atomic E-state index is -4.41. The highest BCUT2D eigenvalue weighted by Crippen LogP contribution is 2.30. The summed E-state index contributed by atoms with van der Waals surface area (Å²) in [5, 5.41) is 2.78. The van der Waals surface area contributed by atoms with Crippen LogP contribution in [0, 0.1) is 6.92 Å². The van der Waals surface area contributed by atoms with Crippen LogP contribution < -0.4 is 16.8 Å². The molecule has 0 aliphatic carbocycles. The Kier molecular flexibility index (Phi) is 10.2. The third-order valence-corrected chi connectivity index (χ3v) is 6.48. The molecular formula is C31H28F3N3O2S. The van der Waals surface area contributed by atoms with Gasteiger partial charge in [-0.15, -0.1) is 11.8 Å². The van der Waals surface area contributed by atoms with Crippen LogP contribution >= 0.6 is 11.8 Å². The van der Waals surface area contributed by atoms with Crippen LogP contribution in [0.5, 0.6) is 0 Å². The number of aryl methyl sites for hydroxylation is 1. The van der Waals surface area contributed by atoms with Crippen molar-refractivity contribution in [1.29, 1.82) is 0 Å². The zero-order chi connectivity index (χ0) is 29.3. The zero-order valence-corrected chi connectivity index (χ0v) is 22.6. The number of anilines is 2. The van der Waals surface area contributed by atoms with E-state index >= 15 is 0 Å². The number of alkyl halides is 3. The second-order valence-electron chi connectivity index (χ2n) is 8.68. The Labute approximate surface area is 235 Å². The summed E-state index contributed by atoms with van der Waals surface area (Å²) in [4.78, 5) is 24.6. The molecular weight excluding hydrogens is 535 g/mol. The van der Waals surface area contributed by atoms with Crippen LogP contribution in [0.15, 0.2) is 102 Å². The summed E-state index contributed by atoms with van der Waals surface area (Å²) in [7, 11) is 0. The summed E-state index contributed by atoms with van der Waals surface area (Å²) in [5.41, 5.74) is 14.6. The van der Waals surface area contributed by atoms with Crippen molar-refractivity contribution in [3.05, 3.63) is 125 Å². The molecule has 5 nitrogen and oxygen atoms in total. The van der Waals surface area contributed by atoms with Gasteiger partial charge in [0.25, 0.3) is 5.91 Å². The summed E-state index contributed by atoms with van der Waals surface area (Å²) < 4.78 is 37.8. The lowest BCUT2D eigenvalue weighted by Gasteiger charge is -2.09. The van der Waals surface area contributed by atoms with Gasteiger partial charge in [-0.3, -0.25) is 9.59 Å². The van der Waals surface area contributed by atoms with E-state index in [2.05, 4.69) is 5.32 Å². The van der Waals surface area contributed by atoms with Crippen molar-refractivity contribution >= 4 is 46.6 Å². The quantitative estimate of drug-likeness (QED) is 0.0994. The van der Waals surface area contributed by atoms with Crippen LogP contribution in [0.3, 0.4) is 0 Å². The maximum absolute atomic E-state index is 12.6. The number of hydrogen-bond acceptors (Lipinski definition) is 4. The fourth-order valence-corrected chi connectivity index (χ4v) is 3.92. The van der Waals surface area contributed by atoms with Gasteiger partial charge in [-0.25, -0.2) is 0 Å². The van der Waals surface area contributed by atoms with Gasteiger partial charge in [-0.05, 0) is 78.9 Å². The lowest BCUT2D eigenvalue weighted by molar-refractivity contribution is -0.137. The molecule has 0 saturated heterocycles. The summed E-state index contributed by atoms with van der Waals surface area (Å²) in [6.45, 7) is 1.98. The van der Waals surface area contributed by atoms with Crippen molar-refractivity contribution in [1.82, 2.24) is 0 Å². The number of benzene rings is 4. The molecule has 0 heterocycles. The lowest BCUT2D eigenvalue weighted by atomic mass is 10.0. The maximum Gasteiger partial charge on any atom is 0.416 e. The average molecular weight is 564 g/mol. The molecule has 0 radical (unpaired) electrons. The number of nitrogens with two attached hydrogens (primary N) is 2. The molecule has 9 heteroatoms. The Morgan fingerprint density at radius 1 is 0.825 bits per heavy atom. The standard InChI is InChI=1S/C17H14F3NOS.C14H14N2O/c1-23-14-8-2-11(3-9-14)10-15(16(21)22)12-4-6-13(7-5-12)17(18,19)20;1-10-6-8-11(9-7-10)14(17)16-13-5-3-2-4-12(13)15/h2-10H,1H3,(H2,21,22);2-9H,15H2,1H3,(H,16,17)/b15-10+;. The number of amides is 2. The number of nitrogen functional groups attached to an aromatic ring is 1. The molecule has 2 amide bonds. The molecule has 4 rings (SSSR count). The number of carbonyl (C=O) groups is 2. The van der Waals surface area contributed by atoms with E-state index in [1.807, 2.05) is 61.7 Å². The van der Waals surface area contributed by atoms with Crippen molar-refractivity contribution in [3.8, 4) is 0 Å². The monoisotopic (exact) mass is 563 g/mol. The molecule has 5 N–H and O–H groups in total. The summed E-state index contributed by atoms with van der Waals surface area (Å²) in [6.07, 6.45) is -0.903. The molecule has 0 unspecified atom stereocenters. The third-order valence-electron chi connectivity index (χ3n) is 5.74. The van der Waals surface area contributed by atoms with Crippen LogP contribution in [-0.4, -0.2) is 18.1 Å². The SMILES string of the molecule is CSc1ccc(/C=C(/C(N)=O)c2ccc(C(F)(F)F)cc2)cc1.Cc1ccc(C(=O)Nc2ccccc2N)cc1. The molecule has 206 valence electrons. The van der Waals surface area contributed by atoms with Crippen LogP contribution in [0.4, 0.5) is 24.5 Å². The summed E-state index contributed by atoms with van der Waals surface area (Å²) in [5.74, 6) is -0.846. The molecule has 0 saturated carbocycles. The highest BCUT2D eigenvalue weighted by Gasteiger charge is 2.30. The average Bonchev–Trinajstić information content (AvgIpc) is 2.93. The van der Waals surface area contributed by atoms with Gasteiger partial charge in [0.05, 0.1) is 16.9 Å². The number of rotatable bonds is 6. The van der Waals surface area contributed by atoms with Gasteiger partial charge in [0, 0.05) is 16.0 Å². The van der Waals surface area contributed by atoms with Gasteiger partial charge in [0.2, 0.25) is 5.91 Å². The highest BCUT2D eigenvalue weighted by molar-refractivity contribution is 7.98. The normalized spacial score (nSPS) is 11.3. The van der Waals surface area contributed by atoms with E-state index in [1.165, 1.54) is 12.1 Å². The Bertz CT molecular complexity index is 1480. The zero-order valence-electron chi connectivity index (χ0n) is 21.8. The van der Waals surface area contributed by atoms with Crippen molar-refractivity contribution in [2.45, 2.75) is 18.0 Å². The van der Waals surface area contributed by atoms with Crippen molar-refractivity contribution < 1.29 is 22.8 Å². The summed E-state index contributed by atoms with van der Waals surface area (Å²) in [6, 6.07) is 26.4. The van der Waals surface area contributed by atoms with E-state index in [-0.39, 0.29) is 11.5 Å². The number of halogens is 3. The number of para-hydroxylation sites is 2. The van der Waals surface area contributed by atoms with Gasteiger partial charge in [-0.2, -0.15) is 13.2 Å². The van der Waals surface area contributed by atoms with Crippen molar-refractivity contribution in [2.75, 3.05) is 17.3 Å². The number of primary amides is 1. The maximum atomic E-state index is 12.6. The predicted molar refractivity (Wildman–Crippen MR) is 157 cm³/mol. The Balaban J connectivity index is 0.000000230. The van der Waals surface area contributed by atoms with Gasteiger partial charge in [0.1, 0.15) is 0 Å². The first-order valence-corrected chi connectivity index (χ1v) is 13.3. The molecule has 4 aromatic rings. The number of carbonyl (C=O) groups excluding carboxylic acids is 2. The molecule has 0 fully saturated rings. The molecule has 0 spiro atoms. The second kappa shape index (κ2) is 13.5. The highest BCUT2D eigenvalue weighted by atomic mass is 32.2. The molecule has 0 bridgehead atoms. The summed E-state index contributed by atoms with van der Waals surface area (Å²) >= 11 is 1.58. The number of thioether (sulfide) groups is 1. The molecule has 0 aliphatic rings. The molecule has 4 aromatic carbocycles. The smallest absolute Gasteiger partial charge is 0.397 e. The fourth-order valence-electron chi connectivity index (χ4n) is 3.51. The van der Waals surface area contributed by atoms with E-state index in [9.17, 15) is 22.8 Å². The van der Waals surface area contributed by atoms with Gasteiger partial charge >= 0.3 is 6.18 Å². The number of nitrogens with one attached hydrogen (secondary N) is 1. The van der Waals surface area contributed by atoms with Gasteiger partial charge < -0.3 is 16.8 Å². The van der Waals surface area contributed by atoms with E-state index in [0.717, 1.165) is 28.2 Å². The third kappa shape index (κ3) is 8.51. The van der Waals surface area contributed by atoms with E-state index < -0.39 is 17.6 Å². The van der Waals surface area contributed by atoms with Crippen molar-refractivity contribution in [3.63, 3.8) is 0 Å². The fraction of sp³-hybridized carbons (Fsp3) is 0.0968. The number of hydrogen-bond donors (Lipinski definition) is 3. The van der Waals surface area contributed by atoms with Crippen LogP contribution in [-0.2, 0) is 11.0 Å². The molecule has 40 heavy (non-hydrogen) atoms. The minimum absolute atomic E-state index is 0.150. The first-order chi connectivity index (χ1) is 19.0. The van der Waals surface area contributed by atoms with E-state index in [4.69, 9.17) is 11.5 Å². The minimum Gasteiger partial charge on any atom is -0.397 e. The topological polar surface area (TPSA) is 98.2 Å². The molecule has 0 atom stereocenters. The molecule has 0 aliphatic heterocycles. The first-order valence-electron chi connectivity index (χ1n) is 12.0. The Morgan fingerprint density at radius 2 is 1.40 bits per heavy atom. The van der Waals surface area contributed by atoms with Gasteiger partial charge in [0.15, 0.2) is 0 Å². The van der Waals surface area contributed by atoms with Gasteiger partial charge in [-0.1, -0.05) is 54.1 Å². The second-order valence-corrected chi connectivity index (χ2v) is 9.56. The Morgan fingerprint density at radius 3 is 1.93 bits per heavy atom. The predicted octanol–water partition coefficient (Wildman–Crippen LogP) is 7.28. The van der Waals surface area contributed by atoms with Crippen LogP contribution in [0.1, 0.15) is 32.6 Å². The Hall–Kier alpha value is -4.50. The largest absolute Gasteiger partial charge is 0.416 e. The van der Waals surface area contributed by atoms with Crippen LogP contribution in [0.2, 0.25) is 0 Å². The first kappa shape index (κ1) is 30.0.